The van der Waals surface area contributed by atoms with Gasteiger partial charge in [0, 0.05) is 24.2 Å². The molecule has 18 heavy (non-hydrogen) atoms. The second-order valence-corrected chi connectivity index (χ2v) is 4.85. The first-order valence-corrected chi connectivity index (χ1v) is 6.66. The van der Waals surface area contributed by atoms with Crippen LogP contribution in [0.2, 0.25) is 0 Å². The van der Waals surface area contributed by atoms with Gasteiger partial charge in [-0.15, -0.1) is 0 Å². The third-order valence-corrected chi connectivity index (χ3v) is 3.61. The predicted molar refractivity (Wildman–Crippen MR) is 74.5 cm³/mol. The Balaban J connectivity index is 1.99. The highest BCUT2D eigenvalue weighted by Crippen LogP contribution is 2.30. The van der Waals surface area contributed by atoms with Crippen LogP contribution in [0.15, 0.2) is 48.7 Å². The summed E-state index contributed by atoms with van der Waals surface area (Å²) < 4.78 is 0. The van der Waals surface area contributed by atoms with Gasteiger partial charge in [-0.1, -0.05) is 36.4 Å². The Morgan fingerprint density at radius 1 is 1.06 bits per heavy atom. The molecule has 2 nitrogen and oxygen atoms in total. The van der Waals surface area contributed by atoms with Crippen molar-refractivity contribution in [1.82, 2.24) is 10.3 Å². The summed E-state index contributed by atoms with van der Waals surface area (Å²) in [6.45, 7) is 2.20. The lowest BCUT2D eigenvalue weighted by Crippen LogP contribution is -2.29. The maximum absolute atomic E-state index is 4.64. The van der Waals surface area contributed by atoms with Crippen molar-refractivity contribution >= 4 is 0 Å². The van der Waals surface area contributed by atoms with Crippen molar-refractivity contribution in [1.29, 1.82) is 0 Å². The summed E-state index contributed by atoms with van der Waals surface area (Å²) in [6.07, 6.45) is 4.40. The molecule has 2 heterocycles. The van der Waals surface area contributed by atoms with Crippen molar-refractivity contribution in [2.75, 3.05) is 13.1 Å². The minimum atomic E-state index is 0.551. The van der Waals surface area contributed by atoms with E-state index in [0.717, 1.165) is 13.1 Å². The number of hydrogen-bond donors (Lipinski definition) is 1. The van der Waals surface area contributed by atoms with Gasteiger partial charge in [-0.3, -0.25) is 4.98 Å². The van der Waals surface area contributed by atoms with Gasteiger partial charge in [0.1, 0.15) is 0 Å². The quantitative estimate of drug-likeness (QED) is 0.869. The number of piperidine rings is 1. The van der Waals surface area contributed by atoms with Crippen molar-refractivity contribution in [3.05, 3.63) is 54.4 Å². The molecule has 1 aliphatic rings. The Morgan fingerprint density at radius 3 is 2.72 bits per heavy atom. The van der Waals surface area contributed by atoms with Crippen LogP contribution >= 0.6 is 0 Å². The molecular weight excluding hydrogens is 220 g/mol. The van der Waals surface area contributed by atoms with E-state index in [1.165, 1.54) is 29.7 Å². The number of nitrogens with zero attached hydrogens (tertiary/aromatic N) is 1. The summed E-state index contributed by atoms with van der Waals surface area (Å²) >= 11 is 0. The van der Waals surface area contributed by atoms with Crippen LogP contribution in [0.1, 0.15) is 24.5 Å². The largest absolute Gasteiger partial charge is 0.316 e. The molecule has 0 bridgehead atoms. The SMILES string of the molecule is c1ccc(-c2cccnc2C2CCCNC2)cc1. The average Bonchev–Trinajstić information content (AvgIpc) is 2.49. The van der Waals surface area contributed by atoms with Crippen LogP contribution in [0.3, 0.4) is 0 Å². The van der Waals surface area contributed by atoms with Gasteiger partial charge in [0.15, 0.2) is 0 Å². The lowest BCUT2D eigenvalue weighted by Gasteiger charge is -2.24. The number of aromatic nitrogens is 1. The maximum Gasteiger partial charge on any atom is 0.0525 e. The van der Waals surface area contributed by atoms with Crippen LogP contribution in [0, 0.1) is 0 Å². The molecule has 0 spiro atoms. The first-order chi connectivity index (χ1) is 8.95. The van der Waals surface area contributed by atoms with Gasteiger partial charge in [0.2, 0.25) is 0 Å². The van der Waals surface area contributed by atoms with Crippen molar-refractivity contribution < 1.29 is 0 Å². The minimum absolute atomic E-state index is 0.551. The zero-order valence-electron chi connectivity index (χ0n) is 10.5. The van der Waals surface area contributed by atoms with Gasteiger partial charge < -0.3 is 5.32 Å². The maximum atomic E-state index is 4.64. The number of nitrogens with one attached hydrogen (secondary N) is 1. The molecule has 0 amide bonds. The molecule has 2 heteroatoms. The fraction of sp³-hybridized carbons (Fsp3) is 0.312. The Morgan fingerprint density at radius 2 is 1.94 bits per heavy atom. The van der Waals surface area contributed by atoms with E-state index in [1.54, 1.807) is 0 Å². The summed E-state index contributed by atoms with van der Waals surface area (Å²) in [5, 5.41) is 3.47. The van der Waals surface area contributed by atoms with Crippen LogP contribution in [0.5, 0.6) is 0 Å². The van der Waals surface area contributed by atoms with Crippen LogP contribution in [-0.2, 0) is 0 Å². The molecule has 0 radical (unpaired) electrons. The zero-order chi connectivity index (χ0) is 12.2. The monoisotopic (exact) mass is 238 g/mol. The van der Waals surface area contributed by atoms with E-state index in [-0.39, 0.29) is 0 Å². The van der Waals surface area contributed by atoms with E-state index in [4.69, 9.17) is 0 Å². The van der Waals surface area contributed by atoms with Crippen molar-refractivity contribution in [3.8, 4) is 11.1 Å². The lowest BCUT2D eigenvalue weighted by atomic mass is 9.90. The summed E-state index contributed by atoms with van der Waals surface area (Å²) in [7, 11) is 0. The molecule has 1 aliphatic heterocycles. The van der Waals surface area contributed by atoms with Crippen LogP contribution in [0.25, 0.3) is 11.1 Å². The third kappa shape index (κ3) is 2.29. The molecular formula is C16H18N2. The smallest absolute Gasteiger partial charge is 0.0525 e. The molecule has 1 N–H and O–H groups in total. The zero-order valence-corrected chi connectivity index (χ0v) is 10.5. The van der Waals surface area contributed by atoms with Crippen molar-refractivity contribution in [2.45, 2.75) is 18.8 Å². The number of rotatable bonds is 2. The standard InChI is InChI=1S/C16H18N2/c1-2-6-13(7-3-1)15-9-5-11-18-16(15)14-8-4-10-17-12-14/h1-3,5-7,9,11,14,17H,4,8,10,12H2. The summed E-state index contributed by atoms with van der Waals surface area (Å²) in [5.74, 6) is 0.551. The van der Waals surface area contributed by atoms with E-state index in [0.29, 0.717) is 5.92 Å². The molecule has 3 rings (SSSR count). The molecule has 0 aliphatic carbocycles. The van der Waals surface area contributed by atoms with E-state index in [1.807, 2.05) is 12.3 Å². The lowest BCUT2D eigenvalue weighted by molar-refractivity contribution is 0.455. The summed E-state index contributed by atoms with van der Waals surface area (Å²) in [5.41, 5.74) is 3.80. The van der Waals surface area contributed by atoms with E-state index in [2.05, 4.69) is 46.7 Å². The van der Waals surface area contributed by atoms with Crippen molar-refractivity contribution in [3.63, 3.8) is 0 Å². The normalized spacial score (nSPS) is 19.7. The Labute approximate surface area is 108 Å². The van der Waals surface area contributed by atoms with Crippen LogP contribution in [-0.4, -0.2) is 18.1 Å². The molecule has 1 aromatic heterocycles. The van der Waals surface area contributed by atoms with Crippen molar-refractivity contribution in [2.24, 2.45) is 0 Å². The molecule has 1 saturated heterocycles. The summed E-state index contributed by atoms with van der Waals surface area (Å²) in [4.78, 5) is 4.64. The molecule has 1 fully saturated rings. The fourth-order valence-electron chi connectivity index (χ4n) is 2.69. The number of hydrogen-bond acceptors (Lipinski definition) is 2. The molecule has 92 valence electrons. The molecule has 1 atom stereocenters. The predicted octanol–water partition coefficient (Wildman–Crippen LogP) is 3.22. The average molecular weight is 238 g/mol. The first kappa shape index (κ1) is 11.4. The van der Waals surface area contributed by atoms with Crippen LogP contribution < -0.4 is 5.32 Å². The van der Waals surface area contributed by atoms with Crippen LogP contribution in [0.4, 0.5) is 0 Å². The molecule has 1 aromatic carbocycles. The van der Waals surface area contributed by atoms with Gasteiger partial charge in [0.25, 0.3) is 0 Å². The van der Waals surface area contributed by atoms with E-state index < -0.39 is 0 Å². The molecule has 0 saturated carbocycles. The highest BCUT2D eigenvalue weighted by Gasteiger charge is 2.19. The van der Waals surface area contributed by atoms with E-state index in [9.17, 15) is 0 Å². The minimum Gasteiger partial charge on any atom is -0.316 e. The first-order valence-electron chi connectivity index (χ1n) is 6.66. The molecule has 1 unspecified atom stereocenters. The molecule has 2 aromatic rings. The fourth-order valence-corrected chi connectivity index (χ4v) is 2.69. The highest BCUT2D eigenvalue weighted by molar-refractivity contribution is 5.66. The third-order valence-electron chi connectivity index (χ3n) is 3.61. The summed E-state index contributed by atoms with van der Waals surface area (Å²) in [6, 6.07) is 14.8. The number of pyridine rings is 1. The van der Waals surface area contributed by atoms with Gasteiger partial charge in [-0.2, -0.15) is 0 Å². The Hall–Kier alpha value is -1.67. The highest BCUT2D eigenvalue weighted by atomic mass is 14.9. The number of benzene rings is 1. The van der Waals surface area contributed by atoms with Gasteiger partial charge in [-0.25, -0.2) is 0 Å². The Bertz CT molecular complexity index is 502. The second-order valence-electron chi connectivity index (χ2n) is 4.85. The second kappa shape index (κ2) is 5.32. The Kier molecular flexibility index (Phi) is 3.37. The van der Waals surface area contributed by atoms with E-state index >= 15 is 0 Å². The topological polar surface area (TPSA) is 24.9 Å². The van der Waals surface area contributed by atoms with Gasteiger partial charge in [0.05, 0.1) is 5.69 Å². The van der Waals surface area contributed by atoms with Gasteiger partial charge >= 0.3 is 0 Å². The van der Waals surface area contributed by atoms with Gasteiger partial charge in [-0.05, 0) is 31.0 Å².